The second kappa shape index (κ2) is 43.3. The molecule has 0 aliphatic carbocycles. The third-order valence-electron chi connectivity index (χ3n) is 9.63. The van der Waals surface area contributed by atoms with Gasteiger partial charge in [0.2, 0.25) is 0 Å². The number of carboxylic acid groups (broad SMARTS) is 2. The molecule has 0 aliphatic heterocycles. The zero-order valence-corrected chi connectivity index (χ0v) is 35.5. The Balaban J connectivity index is 0. The van der Waals surface area contributed by atoms with Gasteiger partial charge in [-0.25, -0.2) is 4.98 Å². The van der Waals surface area contributed by atoms with Crippen molar-refractivity contribution in [3.05, 3.63) is 18.2 Å². The van der Waals surface area contributed by atoms with Crippen LogP contribution in [0.4, 0.5) is 0 Å². The number of aliphatic hydroxyl groups excluding tert-OH is 2. The first-order valence-corrected chi connectivity index (χ1v) is 22.2. The minimum Gasteiger partial charge on any atom is -0.481 e. The molecule has 0 spiro atoms. The van der Waals surface area contributed by atoms with E-state index in [9.17, 15) is 29.4 Å². The molecular formula is C44H83N3O9. The van der Waals surface area contributed by atoms with Gasteiger partial charge in [0.25, 0.3) is 0 Å². The Bertz CT molecular complexity index is 1010. The molecule has 1 aromatic rings. The fourth-order valence-corrected chi connectivity index (χ4v) is 6.19. The van der Waals surface area contributed by atoms with E-state index in [1.54, 1.807) is 6.33 Å². The molecule has 0 saturated carbocycles. The highest BCUT2D eigenvalue weighted by Gasteiger charge is 2.29. The Hall–Kier alpha value is -2.83. The van der Waals surface area contributed by atoms with Crippen LogP contribution in [0.3, 0.4) is 0 Å². The molecular weight excluding hydrogens is 714 g/mol. The second-order valence-corrected chi connectivity index (χ2v) is 15.0. The molecule has 2 atom stereocenters. The molecule has 1 heterocycles. The van der Waals surface area contributed by atoms with E-state index in [0.717, 1.165) is 50.6 Å². The molecule has 328 valence electrons. The topological polar surface area (TPSA) is 213 Å². The fourth-order valence-electron chi connectivity index (χ4n) is 6.19. The van der Waals surface area contributed by atoms with Crippen LogP contribution < -0.4 is 5.73 Å². The van der Waals surface area contributed by atoms with Crippen LogP contribution in [0.25, 0.3) is 0 Å². The first-order valence-electron chi connectivity index (χ1n) is 22.2. The van der Waals surface area contributed by atoms with Crippen LogP contribution in [-0.4, -0.2) is 79.4 Å². The molecule has 0 aliphatic rings. The Morgan fingerprint density at radius 1 is 0.625 bits per heavy atom. The molecule has 1 rings (SSSR count). The molecule has 2 unspecified atom stereocenters. The maximum absolute atomic E-state index is 12.6. The van der Waals surface area contributed by atoms with E-state index in [1.807, 2.05) is 6.20 Å². The number of esters is 1. The van der Waals surface area contributed by atoms with E-state index in [4.69, 9.17) is 20.7 Å². The minimum absolute atomic E-state index is 0.262. The lowest BCUT2D eigenvalue weighted by atomic mass is 10.0. The van der Waals surface area contributed by atoms with Crippen LogP contribution in [-0.2, 0) is 30.3 Å². The van der Waals surface area contributed by atoms with Gasteiger partial charge in [0.05, 0.1) is 31.5 Å². The highest BCUT2D eigenvalue weighted by atomic mass is 16.6. The highest BCUT2D eigenvalue weighted by molar-refractivity contribution is 5.86. The summed E-state index contributed by atoms with van der Waals surface area (Å²) in [6.07, 6.45) is 33.9. The molecule has 7 N–H and O–H groups in total. The van der Waals surface area contributed by atoms with Crippen molar-refractivity contribution in [2.24, 2.45) is 5.73 Å². The molecule has 0 amide bonds. The van der Waals surface area contributed by atoms with E-state index < -0.39 is 36.7 Å². The highest BCUT2D eigenvalue weighted by Crippen LogP contribution is 2.16. The van der Waals surface area contributed by atoms with Gasteiger partial charge < -0.3 is 35.9 Å². The van der Waals surface area contributed by atoms with Gasteiger partial charge in [0.1, 0.15) is 6.10 Å². The molecule has 1 aromatic heterocycles. The lowest BCUT2D eigenvalue weighted by Gasteiger charge is -2.20. The summed E-state index contributed by atoms with van der Waals surface area (Å²) >= 11 is 0. The van der Waals surface area contributed by atoms with Crippen LogP contribution in [0.2, 0.25) is 0 Å². The standard InChI is InChI=1S/C35H68O5.C5H9N3.C4H6O4/c1-3-5-7-9-11-13-15-17-19-21-23-25-27-29-32(37)35(33(38)31-36)40-34(39)30-28-26-24-22-20-18-16-14-12-10-8-6-4-2;6-2-1-5-3-7-4-8-5;5-3(6)1-2-4(7)8/h33,35-36,38H,3-31H2,1-2H3;3-4H,1-2,6H2,(H,7,8);1-2H2,(H,5,6)(H,7,8). The lowest BCUT2D eigenvalue weighted by Crippen LogP contribution is -2.40. The summed E-state index contributed by atoms with van der Waals surface area (Å²) in [7, 11) is 0. The van der Waals surface area contributed by atoms with Crippen molar-refractivity contribution in [3.63, 3.8) is 0 Å². The summed E-state index contributed by atoms with van der Waals surface area (Å²) in [5.41, 5.74) is 6.30. The number of Topliss-reactive ketones (excluding diaryl/α,β-unsaturated/α-hetero) is 1. The van der Waals surface area contributed by atoms with Crippen LogP contribution in [0.5, 0.6) is 0 Å². The first kappa shape index (κ1) is 55.3. The van der Waals surface area contributed by atoms with E-state index in [1.165, 1.54) is 128 Å². The molecule has 0 fully saturated rings. The number of unbranched alkanes of at least 4 members (excludes halogenated alkanes) is 24. The number of H-pyrrole nitrogens is 1. The van der Waals surface area contributed by atoms with Crippen molar-refractivity contribution >= 4 is 23.7 Å². The van der Waals surface area contributed by atoms with E-state index in [0.29, 0.717) is 6.54 Å². The average molecular weight is 798 g/mol. The van der Waals surface area contributed by atoms with Crippen LogP contribution in [0.15, 0.2) is 12.5 Å². The predicted octanol–water partition coefficient (Wildman–Crippen LogP) is 9.63. The summed E-state index contributed by atoms with van der Waals surface area (Å²) in [6, 6.07) is 0. The number of carbonyl (C=O) groups is 4. The van der Waals surface area contributed by atoms with Gasteiger partial charge in [0.15, 0.2) is 11.9 Å². The number of aromatic amines is 1. The Morgan fingerprint density at radius 2 is 1.00 bits per heavy atom. The summed E-state index contributed by atoms with van der Waals surface area (Å²) in [6.45, 7) is 4.60. The summed E-state index contributed by atoms with van der Waals surface area (Å²) in [5, 5.41) is 35.2. The normalized spacial score (nSPS) is 11.8. The van der Waals surface area contributed by atoms with Crippen LogP contribution >= 0.6 is 0 Å². The Morgan fingerprint density at radius 3 is 1.32 bits per heavy atom. The van der Waals surface area contributed by atoms with Crippen LogP contribution in [0.1, 0.15) is 212 Å². The van der Waals surface area contributed by atoms with E-state index >= 15 is 0 Å². The van der Waals surface area contributed by atoms with Gasteiger partial charge >= 0.3 is 17.9 Å². The van der Waals surface area contributed by atoms with Gasteiger partial charge in [0, 0.05) is 25.5 Å². The van der Waals surface area contributed by atoms with Gasteiger partial charge in [-0.15, -0.1) is 0 Å². The molecule has 12 heteroatoms. The Labute approximate surface area is 339 Å². The van der Waals surface area contributed by atoms with Crippen molar-refractivity contribution in [1.29, 1.82) is 0 Å². The summed E-state index contributed by atoms with van der Waals surface area (Å²) in [4.78, 5) is 51.0. The molecule has 56 heavy (non-hydrogen) atoms. The monoisotopic (exact) mass is 798 g/mol. The van der Waals surface area contributed by atoms with Gasteiger partial charge in [-0.3, -0.25) is 19.2 Å². The number of imidazole rings is 1. The second-order valence-electron chi connectivity index (χ2n) is 15.0. The van der Waals surface area contributed by atoms with Crippen molar-refractivity contribution < 1.29 is 44.3 Å². The van der Waals surface area contributed by atoms with Crippen molar-refractivity contribution in [2.45, 2.75) is 225 Å². The number of carbonyl (C=O) groups excluding carboxylic acids is 2. The minimum atomic E-state index is -1.34. The number of hydrogen-bond donors (Lipinski definition) is 6. The predicted molar refractivity (Wildman–Crippen MR) is 224 cm³/mol. The third-order valence-corrected chi connectivity index (χ3v) is 9.63. The summed E-state index contributed by atoms with van der Waals surface area (Å²) in [5.74, 6) is -2.87. The van der Waals surface area contributed by atoms with Gasteiger partial charge in [-0.2, -0.15) is 0 Å². The molecule has 12 nitrogen and oxygen atoms in total. The maximum Gasteiger partial charge on any atom is 0.306 e. The van der Waals surface area contributed by atoms with Gasteiger partial charge in [-0.1, -0.05) is 168 Å². The third kappa shape index (κ3) is 40.8. The van der Waals surface area contributed by atoms with Crippen molar-refractivity contribution in [1.82, 2.24) is 9.97 Å². The number of rotatable bonds is 37. The maximum atomic E-state index is 12.6. The smallest absolute Gasteiger partial charge is 0.306 e. The Kier molecular flexibility index (Phi) is 42.7. The molecule has 0 bridgehead atoms. The largest absolute Gasteiger partial charge is 0.481 e. The number of aliphatic carboxylic acids is 2. The number of ether oxygens (including phenoxy) is 1. The number of nitrogens with one attached hydrogen (secondary N) is 1. The van der Waals surface area contributed by atoms with Crippen molar-refractivity contribution in [2.75, 3.05) is 13.2 Å². The van der Waals surface area contributed by atoms with E-state index in [-0.39, 0.29) is 31.5 Å². The van der Waals surface area contributed by atoms with Crippen molar-refractivity contribution in [3.8, 4) is 0 Å². The lowest BCUT2D eigenvalue weighted by molar-refractivity contribution is -0.163. The molecule has 0 radical (unpaired) electrons. The number of hydrogen-bond acceptors (Lipinski definition) is 9. The number of nitrogens with two attached hydrogens (primary N) is 1. The number of carboxylic acids is 2. The quantitative estimate of drug-likeness (QED) is 0.0275. The zero-order valence-electron chi connectivity index (χ0n) is 35.5. The number of aromatic nitrogens is 2. The fraction of sp³-hybridized carbons (Fsp3) is 0.841. The molecule has 0 saturated heterocycles. The summed E-state index contributed by atoms with van der Waals surface area (Å²) < 4.78 is 5.34. The number of ketones is 1. The SMILES string of the molecule is CCCCCCCCCCCCCCCC(=O)OC(C(=O)CCCCCCCCCCCCCCC)C(O)CO.NCCc1c[nH]cn1.O=C(O)CCC(=O)O. The first-order chi connectivity index (χ1) is 27.1. The zero-order chi connectivity index (χ0) is 41.9. The number of aliphatic hydroxyl groups is 2. The number of nitrogens with zero attached hydrogens (tertiary/aromatic N) is 1. The molecule has 0 aromatic carbocycles. The van der Waals surface area contributed by atoms with Crippen LogP contribution in [0, 0.1) is 0 Å². The van der Waals surface area contributed by atoms with Gasteiger partial charge in [-0.05, 0) is 19.4 Å². The van der Waals surface area contributed by atoms with E-state index in [2.05, 4.69) is 23.8 Å². The average Bonchev–Trinajstić information content (AvgIpc) is 3.70.